The van der Waals surface area contributed by atoms with Gasteiger partial charge in [0.15, 0.2) is 0 Å². The number of fused-ring (bicyclic) bond motifs is 1. The molecule has 53 heavy (non-hydrogen) atoms. The second kappa shape index (κ2) is 17.8. The standard InChI is InChI=1S/C35H56BFN6O9S/c1-7-12-29(36(48)49)39-31(44)27-17-24(52-34(47)42-18-23-15-11-16-26(37)25(23)20-42)19-43(27)32(45)30(22-13-9-8-10-14-22)40-33(46)38-28(35(2,3)4)21-41(5)53(6,50)51/h11,15-16,22,24,27-30,48-49H,7-10,12-14,17-21H2,1-6H3,(H,39,44)(H2,38,40,46)/t24-,27+,28-,29+,30+/m1/s1. The number of carbonyl (C=O) groups excluding carboxylic acids is 4. The summed E-state index contributed by atoms with van der Waals surface area (Å²) in [5, 5.41) is 28.3. The number of carbonyl (C=O) groups is 4. The van der Waals surface area contributed by atoms with E-state index in [0.29, 0.717) is 30.4 Å². The van der Waals surface area contributed by atoms with Gasteiger partial charge < -0.3 is 35.6 Å². The largest absolute Gasteiger partial charge is 0.475 e. The maximum absolute atomic E-state index is 14.6. The maximum atomic E-state index is 14.6. The summed E-state index contributed by atoms with van der Waals surface area (Å²) in [4.78, 5) is 58.1. The number of hydrogen-bond donors (Lipinski definition) is 5. The first-order valence-corrected chi connectivity index (χ1v) is 20.3. The van der Waals surface area contributed by atoms with Gasteiger partial charge in [0.25, 0.3) is 0 Å². The summed E-state index contributed by atoms with van der Waals surface area (Å²) in [5.41, 5.74) is 0.485. The van der Waals surface area contributed by atoms with Crippen LogP contribution in [0.4, 0.5) is 14.0 Å². The molecule has 5 amide bonds. The Kier molecular flexibility index (Phi) is 14.2. The molecule has 1 aliphatic carbocycles. The van der Waals surface area contributed by atoms with Crippen molar-refractivity contribution in [3.05, 3.63) is 35.1 Å². The summed E-state index contributed by atoms with van der Waals surface area (Å²) in [7, 11) is -3.98. The van der Waals surface area contributed by atoms with Crippen LogP contribution in [0.15, 0.2) is 18.2 Å². The summed E-state index contributed by atoms with van der Waals surface area (Å²) in [6, 6.07) is 1.06. The molecule has 1 saturated heterocycles. The van der Waals surface area contributed by atoms with Gasteiger partial charge in [0.05, 0.1) is 25.3 Å². The van der Waals surface area contributed by atoms with Gasteiger partial charge >= 0.3 is 19.2 Å². The maximum Gasteiger partial charge on any atom is 0.475 e. The van der Waals surface area contributed by atoms with E-state index in [1.54, 1.807) is 12.1 Å². The lowest BCUT2D eigenvalue weighted by Gasteiger charge is -2.37. The van der Waals surface area contributed by atoms with Gasteiger partial charge in [-0.25, -0.2) is 26.7 Å². The molecule has 4 rings (SSSR count). The van der Waals surface area contributed by atoms with Gasteiger partial charge in [0.1, 0.15) is 24.0 Å². The first-order chi connectivity index (χ1) is 24.8. The summed E-state index contributed by atoms with van der Waals surface area (Å²) < 4.78 is 45.8. The molecule has 1 saturated carbocycles. The van der Waals surface area contributed by atoms with E-state index in [-0.39, 0.29) is 44.9 Å². The van der Waals surface area contributed by atoms with Gasteiger partial charge in [-0.2, -0.15) is 0 Å². The Morgan fingerprint density at radius 2 is 1.75 bits per heavy atom. The van der Waals surface area contributed by atoms with Crippen LogP contribution in [0.5, 0.6) is 0 Å². The van der Waals surface area contributed by atoms with Crippen LogP contribution in [0.3, 0.4) is 0 Å². The van der Waals surface area contributed by atoms with Crippen molar-refractivity contribution < 1.29 is 46.8 Å². The van der Waals surface area contributed by atoms with E-state index < -0.39 is 82.5 Å². The van der Waals surface area contributed by atoms with E-state index >= 15 is 0 Å². The number of sulfonamides is 1. The fraction of sp³-hybridized carbons (Fsp3) is 0.714. The van der Waals surface area contributed by atoms with Crippen molar-refractivity contribution in [2.75, 3.05) is 26.4 Å². The summed E-state index contributed by atoms with van der Waals surface area (Å²) in [5.74, 6) is -2.94. The van der Waals surface area contributed by atoms with Crippen LogP contribution in [0, 0.1) is 17.2 Å². The van der Waals surface area contributed by atoms with Gasteiger partial charge in [-0.3, -0.25) is 14.5 Å². The molecule has 5 N–H and O–H groups in total. The van der Waals surface area contributed by atoms with Crippen molar-refractivity contribution in [3.63, 3.8) is 0 Å². The second-order valence-corrected chi connectivity index (χ2v) is 17.8. The monoisotopic (exact) mass is 766 g/mol. The molecule has 2 fully saturated rings. The van der Waals surface area contributed by atoms with Crippen molar-refractivity contribution in [3.8, 4) is 0 Å². The number of nitrogens with one attached hydrogen (secondary N) is 3. The number of likely N-dealkylation sites (N-methyl/N-ethyl adjacent to an activating group) is 1. The minimum absolute atomic E-state index is 0.00548. The van der Waals surface area contributed by atoms with E-state index in [0.717, 1.165) is 29.8 Å². The zero-order valence-electron chi connectivity index (χ0n) is 31.6. The van der Waals surface area contributed by atoms with Crippen molar-refractivity contribution in [2.24, 2.45) is 11.3 Å². The Bertz CT molecular complexity index is 1590. The van der Waals surface area contributed by atoms with E-state index in [9.17, 15) is 42.0 Å². The lowest BCUT2D eigenvalue weighted by molar-refractivity contribution is -0.141. The third-order valence-corrected chi connectivity index (χ3v) is 11.9. The highest BCUT2D eigenvalue weighted by molar-refractivity contribution is 7.88. The molecule has 5 atom stereocenters. The van der Waals surface area contributed by atoms with Gasteiger partial charge in [-0.1, -0.05) is 65.5 Å². The molecule has 0 radical (unpaired) electrons. The fourth-order valence-electron chi connectivity index (χ4n) is 7.28. The predicted molar refractivity (Wildman–Crippen MR) is 196 cm³/mol. The second-order valence-electron chi connectivity index (χ2n) is 15.8. The zero-order chi connectivity index (χ0) is 39.2. The van der Waals surface area contributed by atoms with Crippen molar-refractivity contribution in [1.82, 2.24) is 30.1 Å². The molecule has 1 aromatic carbocycles. The Morgan fingerprint density at radius 3 is 2.34 bits per heavy atom. The van der Waals surface area contributed by atoms with Crippen LogP contribution in [0.2, 0.25) is 0 Å². The van der Waals surface area contributed by atoms with Crippen LogP contribution in [0.25, 0.3) is 0 Å². The minimum atomic E-state index is -3.55. The summed E-state index contributed by atoms with van der Waals surface area (Å²) in [6.45, 7) is 7.36. The number of urea groups is 1. The Hall–Kier alpha value is -3.48. The van der Waals surface area contributed by atoms with Crippen LogP contribution in [0.1, 0.15) is 90.2 Å². The molecule has 2 heterocycles. The van der Waals surface area contributed by atoms with E-state index in [4.69, 9.17) is 4.74 Å². The molecule has 296 valence electrons. The van der Waals surface area contributed by atoms with Crippen molar-refractivity contribution in [1.29, 1.82) is 0 Å². The first-order valence-electron chi connectivity index (χ1n) is 18.5. The first kappa shape index (κ1) is 42.3. The van der Waals surface area contributed by atoms with Crippen LogP contribution in [-0.2, 0) is 37.4 Å². The lowest BCUT2D eigenvalue weighted by Crippen LogP contribution is -2.61. The number of halogens is 1. The average molecular weight is 767 g/mol. The van der Waals surface area contributed by atoms with Gasteiger partial charge in [-0.15, -0.1) is 0 Å². The smallest absolute Gasteiger partial charge is 0.444 e. The number of amides is 5. The highest BCUT2D eigenvalue weighted by atomic mass is 32.2. The lowest BCUT2D eigenvalue weighted by atomic mass is 9.76. The molecular formula is C35H56BFN6O9S. The quantitative estimate of drug-likeness (QED) is 0.187. The Morgan fingerprint density at radius 1 is 1.08 bits per heavy atom. The van der Waals surface area contributed by atoms with Gasteiger partial charge in [0, 0.05) is 38.2 Å². The highest BCUT2D eigenvalue weighted by Gasteiger charge is 2.47. The zero-order valence-corrected chi connectivity index (χ0v) is 32.5. The molecule has 18 heteroatoms. The predicted octanol–water partition coefficient (Wildman–Crippen LogP) is 2.10. The van der Waals surface area contributed by atoms with Crippen LogP contribution < -0.4 is 16.0 Å². The Balaban J connectivity index is 1.58. The number of benzene rings is 1. The third kappa shape index (κ3) is 11.0. The number of hydrogen-bond acceptors (Lipinski definition) is 9. The van der Waals surface area contributed by atoms with Crippen LogP contribution in [-0.4, -0.2) is 120 Å². The number of ether oxygens (including phenoxy) is 1. The number of likely N-dealkylation sites (tertiary alicyclic amines) is 1. The SMILES string of the molecule is CCC[C@H](NC(=O)[C@@H]1C[C@@H](OC(=O)N2Cc3cccc(F)c3C2)CN1C(=O)[C@@H](NC(=O)N[C@H](CN(C)S(C)(=O)=O)C(C)(C)C)C1CCCCC1)B(O)O. The summed E-state index contributed by atoms with van der Waals surface area (Å²) in [6.07, 6.45) is 4.01. The molecular weight excluding hydrogens is 710 g/mol. The minimum Gasteiger partial charge on any atom is -0.444 e. The van der Waals surface area contributed by atoms with Crippen molar-refractivity contribution >= 4 is 41.1 Å². The van der Waals surface area contributed by atoms with Gasteiger partial charge in [-0.05, 0) is 42.2 Å². The molecule has 1 aromatic rings. The van der Waals surface area contributed by atoms with Crippen LogP contribution >= 0.6 is 0 Å². The Labute approximate surface area is 312 Å². The summed E-state index contributed by atoms with van der Waals surface area (Å²) >= 11 is 0. The molecule has 0 bridgehead atoms. The van der Waals surface area contributed by atoms with Gasteiger partial charge in [0.2, 0.25) is 21.8 Å². The molecule has 2 aliphatic heterocycles. The van der Waals surface area contributed by atoms with E-state index in [1.807, 2.05) is 27.7 Å². The number of rotatable bonds is 13. The highest BCUT2D eigenvalue weighted by Crippen LogP contribution is 2.32. The van der Waals surface area contributed by atoms with E-state index in [2.05, 4.69) is 16.0 Å². The molecule has 15 nitrogen and oxygen atoms in total. The normalized spacial score (nSPS) is 21.1. The molecule has 0 aromatic heterocycles. The third-order valence-electron chi connectivity index (χ3n) is 10.6. The molecule has 0 spiro atoms. The van der Waals surface area contributed by atoms with Crippen molar-refractivity contribution in [2.45, 2.75) is 122 Å². The van der Waals surface area contributed by atoms with E-state index in [1.165, 1.54) is 22.9 Å². The molecule has 0 unspecified atom stereocenters. The average Bonchev–Trinajstić information content (AvgIpc) is 3.72. The fourth-order valence-corrected chi connectivity index (χ4v) is 7.70. The number of nitrogens with zero attached hydrogens (tertiary/aromatic N) is 3. The topological polar surface area (TPSA) is 198 Å². The molecule has 3 aliphatic rings.